The van der Waals surface area contributed by atoms with Crippen molar-refractivity contribution < 1.29 is 14.3 Å². The van der Waals surface area contributed by atoms with Crippen LogP contribution in [0.15, 0.2) is 23.1 Å². The van der Waals surface area contributed by atoms with Crippen molar-refractivity contribution in [3.8, 4) is 11.5 Å². The SMILES string of the molecule is CCOc1ccc(/C=C2\SC(=N)[C@@H](c3nnc(CC)s3)C2=O)cc1OCC. The van der Waals surface area contributed by atoms with E-state index in [4.69, 9.17) is 14.9 Å². The molecule has 1 saturated heterocycles. The second-order valence-corrected chi connectivity index (χ2v) is 7.91. The highest BCUT2D eigenvalue weighted by Gasteiger charge is 2.39. The number of aryl methyl sites for hydroxylation is 1. The first kappa shape index (κ1) is 19.6. The van der Waals surface area contributed by atoms with Gasteiger partial charge in [-0.3, -0.25) is 10.2 Å². The molecule has 1 fully saturated rings. The van der Waals surface area contributed by atoms with E-state index in [1.165, 1.54) is 23.1 Å². The van der Waals surface area contributed by atoms with Gasteiger partial charge in [-0.1, -0.05) is 24.8 Å². The standard InChI is InChI=1S/C19H21N3O3S2/c1-4-15-21-22-19(27-15)16-17(23)14(26-18(16)20)10-11-7-8-12(24-5-2)13(9-11)25-6-3/h7-10,16,20H,4-6H2,1-3H3/b14-10-,20-18?/t16-/m0/s1. The summed E-state index contributed by atoms with van der Waals surface area (Å²) in [6.45, 7) is 6.90. The number of ketones is 1. The molecule has 1 aliphatic heterocycles. The van der Waals surface area contributed by atoms with E-state index in [1.54, 1.807) is 6.08 Å². The predicted octanol–water partition coefficient (Wildman–Crippen LogP) is 4.32. The third-order valence-electron chi connectivity index (χ3n) is 3.88. The number of allylic oxidation sites excluding steroid dienone is 1. The largest absolute Gasteiger partial charge is 0.490 e. The Morgan fingerprint density at radius 2 is 1.89 bits per heavy atom. The highest BCUT2D eigenvalue weighted by Crippen LogP contribution is 2.42. The average molecular weight is 404 g/mol. The van der Waals surface area contributed by atoms with Crippen LogP contribution in [-0.4, -0.2) is 34.2 Å². The molecule has 8 heteroatoms. The van der Waals surface area contributed by atoms with Crippen molar-refractivity contribution in [2.45, 2.75) is 33.1 Å². The summed E-state index contributed by atoms with van der Waals surface area (Å²) in [4.78, 5) is 13.4. The maximum atomic E-state index is 12.9. The van der Waals surface area contributed by atoms with Gasteiger partial charge in [-0.15, -0.1) is 21.5 Å². The van der Waals surface area contributed by atoms with E-state index in [2.05, 4.69) is 10.2 Å². The van der Waals surface area contributed by atoms with E-state index in [1.807, 2.05) is 39.0 Å². The molecular weight excluding hydrogens is 382 g/mol. The summed E-state index contributed by atoms with van der Waals surface area (Å²) in [5.41, 5.74) is 0.831. The number of nitrogens with zero attached hydrogens (tertiary/aromatic N) is 2. The van der Waals surface area contributed by atoms with E-state index < -0.39 is 5.92 Å². The van der Waals surface area contributed by atoms with Crippen LogP contribution < -0.4 is 9.47 Å². The molecule has 1 atom stereocenters. The minimum Gasteiger partial charge on any atom is -0.490 e. The summed E-state index contributed by atoms with van der Waals surface area (Å²) in [5.74, 6) is 0.592. The molecule has 2 aromatic rings. The van der Waals surface area contributed by atoms with Crippen LogP contribution >= 0.6 is 23.1 Å². The summed E-state index contributed by atoms with van der Waals surface area (Å²) in [6, 6.07) is 5.57. The molecule has 1 aromatic heterocycles. The van der Waals surface area contributed by atoms with Gasteiger partial charge in [-0.05, 0) is 44.0 Å². The maximum Gasteiger partial charge on any atom is 0.186 e. The van der Waals surface area contributed by atoms with Crippen molar-refractivity contribution >= 4 is 40.0 Å². The van der Waals surface area contributed by atoms with Crippen LogP contribution in [-0.2, 0) is 11.2 Å². The van der Waals surface area contributed by atoms with Gasteiger partial charge in [0.2, 0.25) is 0 Å². The predicted molar refractivity (Wildman–Crippen MR) is 109 cm³/mol. The molecule has 1 N–H and O–H groups in total. The Kier molecular flexibility index (Phi) is 6.28. The van der Waals surface area contributed by atoms with Crippen LogP contribution in [0.3, 0.4) is 0 Å². The van der Waals surface area contributed by atoms with Crippen LogP contribution in [0, 0.1) is 5.41 Å². The number of hydrogen-bond acceptors (Lipinski definition) is 8. The maximum absolute atomic E-state index is 12.9. The first-order valence-corrected chi connectivity index (χ1v) is 10.4. The molecular formula is C19H21N3O3S2. The van der Waals surface area contributed by atoms with Gasteiger partial charge in [0.05, 0.1) is 23.2 Å². The summed E-state index contributed by atoms with van der Waals surface area (Å²) in [6.07, 6.45) is 2.57. The fourth-order valence-electron chi connectivity index (χ4n) is 2.65. The molecule has 0 bridgehead atoms. The van der Waals surface area contributed by atoms with Crippen LogP contribution in [0.4, 0.5) is 0 Å². The fraction of sp³-hybridized carbons (Fsp3) is 0.368. The number of benzene rings is 1. The summed E-state index contributed by atoms with van der Waals surface area (Å²) >= 11 is 2.59. The molecule has 0 unspecified atom stereocenters. The van der Waals surface area contributed by atoms with Crippen molar-refractivity contribution in [3.05, 3.63) is 38.7 Å². The van der Waals surface area contributed by atoms with Crippen molar-refractivity contribution in [1.82, 2.24) is 10.2 Å². The van der Waals surface area contributed by atoms with E-state index in [-0.39, 0.29) is 5.78 Å². The van der Waals surface area contributed by atoms with Crippen molar-refractivity contribution in [3.63, 3.8) is 0 Å². The molecule has 0 spiro atoms. The van der Waals surface area contributed by atoms with Gasteiger partial charge in [0, 0.05) is 0 Å². The molecule has 3 rings (SSSR count). The normalized spacial score (nSPS) is 18.3. The number of thioether (sulfide) groups is 1. The van der Waals surface area contributed by atoms with Gasteiger partial charge >= 0.3 is 0 Å². The second kappa shape index (κ2) is 8.67. The number of carbonyl (C=O) groups is 1. The molecule has 1 aliphatic rings. The summed E-state index contributed by atoms with van der Waals surface area (Å²) < 4.78 is 11.2. The first-order chi connectivity index (χ1) is 13.1. The number of aromatic nitrogens is 2. The van der Waals surface area contributed by atoms with Crippen LogP contribution in [0.25, 0.3) is 6.08 Å². The summed E-state index contributed by atoms with van der Waals surface area (Å²) in [7, 11) is 0. The molecule has 0 amide bonds. The minimum absolute atomic E-state index is 0.101. The lowest BCUT2D eigenvalue weighted by atomic mass is 10.1. The zero-order valence-corrected chi connectivity index (χ0v) is 17.1. The van der Waals surface area contributed by atoms with Gasteiger partial charge in [-0.25, -0.2) is 0 Å². The highest BCUT2D eigenvalue weighted by molar-refractivity contribution is 8.19. The second-order valence-electron chi connectivity index (χ2n) is 5.73. The summed E-state index contributed by atoms with van der Waals surface area (Å²) in [5, 5.41) is 18.2. The molecule has 2 heterocycles. The lowest BCUT2D eigenvalue weighted by molar-refractivity contribution is -0.114. The molecule has 0 aliphatic carbocycles. The number of nitrogens with one attached hydrogen (secondary N) is 1. The van der Waals surface area contributed by atoms with Gasteiger partial charge in [0.1, 0.15) is 15.9 Å². The molecule has 6 nitrogen and oxygen atoms in total. The lowest BCUT2D eigenvalue weighted by Crippen LogP contribution is -2.11. The smallest absolute Gasteiger partial charge is 0.186 e. The zero-order chi connectivity index (χ0) is 19.4. The Morgan fingerprint density at radius 1 is 1.15 bits per heavy atom. The lowest BCUT2D eigenvalue weighted by Gasteiger charge is -2.11. The van der Waals surface area contributed by atoms with Crippen LogP contribution in [0.2, 0.25) is 0 Å². The Labute approximate surface area is 166 Å². The fourth-order valence-corrected chi connectivity index (χ4v) is 4.60. The van der Waals surface area contributed by atoms with E-state index in [9.17, 15) is 4.79 Å². The Morgan fingerprint density at radius 3 is 2.56 bits per heavy atom. The first-order valence-electron chi connectivity index (χ1n) is 8.81. The van der Waals surface area contributed by atoms with Gasteiger partial charge in [0.25, 0.3) is 0 Å². The molecule has 27 heavy (non-hydrogen) atoms. The number of Topliss-reactive ketones (excluding diaryl/α,β-unsaturated/α-hetero) is 1. The number of carbonyl (C=O) groups excluding carboxylic acids is 1. The van der Waals surface area contributed by atoms with Crippen molar-refractivity contribution in [1.29, 1.82) is 5.41 Å². The van der Waals surface area contributed by atoms with Gasteiger partial charge in [0.15, 0.2) is 17.3 Å². The van der Waals surface area contributed by atoms with Gasteiger partial charge < -0.3 is 9.47 Å². The zero-order valence-electron chi connectivity index (χ0n) is 15.4. The van der Waals surface area contributed by atoms with Crippen molar-refractivity contribution in [2.24, 2.45) is 0 Å². The number of hydrogen-bond donors (Lipinski definition) is 1. The van der Waals surface area contributed by atoms with E-state index in [0.29, 0.717) is 39.7 Å². The van der Waals surface area contributed by atoms with Crippen LogP contribution in [0.1, 0.15) is 42.3 Å². The number of ether oxygens (including phenoxy) is 2. The highest BCUT2D eigenvalue weighted by atomic mass is 32.2. The molecule has 0 saturated carbocycles. The van der Waals surface area contributed by atoms with E-state index >= 15 is 0 Å². The minimum atomic E-state index is -0.631. The Bertz CT molecular complexity index is 892. The van der Waals surface area contributed by atoms with E-state index in [0.717, 1.165) is 17.0 Å². The van der Waals surface area contributed by atoms with Crippen molar-refractivity contribution in [2.75, 3.05) is 13.2 Å². The topological polar surface area (TPSA) is 85.2 Å². The molecule has 142 valence electrons. The van der Waals surface area contributed by atoms with Gasteiger partial charge in [-0.2, -0.15) is 0 Å². The Balaban J connectivity index is 1.88. The Hall–Kier alpha value is -2.19. The third kappa shape index (κ3) is 4.22. The monoisotopic (exact) mass is 403 g/mol. The van der Waals surface area contributed by atoms with Crippen LogP contribution in [0.5, 0.6) is 11.5 Å². The molecule has 1 aromatic carbocycles. The number of rotatable bonds is 7. The third-order valence-corrected chi connectivity index (χ3v) is 6.01. The molecule has 0 radical (unpaired) electrons. The average Bonchev–Trinajstić information content (AvgIpc) is 3.22. The quantitative estimate of drug-likeness (QED) is 0.693.